The van der Waals surface area contributed by atoms with E-state index in [-0.39, 0.29) is 11.9 Å². The molecule has 0 spiro atoms. The van der Waals surface area contributed by atoms with Crippen LogP contribution in [0.1, 0.15) is 18.9 Å². The minimum atomic E-state index is -0.0238. The number of benzene rings is 1. The molecule has 4 heteroatoms. The zero-order valence-electron chi connectivity index (χ0n) is 10.5. The second kappa shape index (κ2) is 6.91. The largest absolute Gasteiger partial charge is 0.381 e. The Labute approximate surface area is 103 Å². The molecule has 0 aliphatic carbocycles. The van der Waals surface area contributed by atoms with Crippen molar-refractivity contribution in [3.63, 3.8) is 0 Å². The first-order chi connectivity index (χ1) is 8.15. The molecule has 0 heterocycles. The summed E-state index contributed by atoms with van der Waals surface area (Å²) < 4.78 is 0. The molecule has 0 fully saturated rings. The summed E-state index contributed by atoms with van der Waals surface area (Å²) in [7, 11) is 0. The Hall–Kier alpha value is -1.55. The summed E-state index contributed by atoms with van der Waals surface area (Å²) in [6.07, 6.45) is 0.401. The number of nitrogens with one attached hydrogen (secondary N) is 2. The van der Waals surface area contributed by atoms with Gasteiger partial charge in [0.25, 0.3) is 0 Å². The first kappa shape index (κ1) is 13.5. The van der Waals surface area contributed by atoms with E-state index in [9.17, 15) is 4.79 Å². The standard InChI is InChI=1S/C13H21N3O/c1-3-15-13(17)8-12(9-14)16-11-6-4-10(2)5-7-11/h4-7,12,16H,3,8-9,14H2,1-2H3,(H,15,17). The topological polar surface area (TPSA) is 67.2 Å². The summed E-state index contributed by atoms with van der Waals surface area (Å²) in [6.45, 7) is 5.04. The molecule has 0 aliphatic heterocycles. The van der Waals surface area contributed by atoms with E-state index in [0.29, 0.717) is 19.5 Å². The zero-order chi connectivity index (χ0) is 12.7. The molecule has 17 heavy (non-hydrogen) atoms. The van der Waals surface area contributed by atoms with Gasteiger partial charge < -0.3 is 16.4 Å². The second-order valence-corrected chi connectivity index (χ2v) is 4.10. The van der Waals surface area contributed by atoms with Crippen LogP contribution in [0.3, 0.4) is 0 Å². The fraction of sp³-hybridized carbons (Fsp3) is 0.462. The number of hydrogen-bond acceptors (Lipinski definition) is 3. The van der Waals surface area contributed by atoms with Crippen LogP contribution in [0.15, 0.2) is 24.3 Å². The maximum absolute atomic E-state index is 11.5. The highest BCUT2D eigenvalue weighted by Crippen LogP contribution is 2.10. The Bertz CT molecular complexity index is 348. The van der Waals surface area contributed by atoms with Crippen LogP contribution >= 0.6 is 0 Å². The number of rotatable bonds is 6. The van der Waals surface area contributed by atoms with E-state index in [0.717, 1.165) is 5.69 Å². The lowest BCUT2D eigenvalue weighted by Gasteiger charge is -2.17. The monoisotopic (exact) mass is 235 g/mol. The number of anilines is 1. The maximum atomic E-state index is 11.5. The Morgan fingerprint density at radius 1 is 1.35 bits per heavy atom. The lowest BCUT2D eigenvalue weighted by molar-refractivity contribution is -0.121. The molecule has 94 valence electrons. The number of hydrogen-bond donors (Lipinski definition) is 3. The van der Waals surface area contributed by atoms with E-state index in [2.05, 4.69) is 10.6 Å². The average molecular weight is 235 g/mol. The van der Waals surface area contributed by atoms with Crippen LogP contribution in [0.5, 0.6) is 0 Å². The third-order valence-corrected chi connectivity index (χ3v) is 2.51. The minimum absolute atomic E-state index is 0.0238. The van der Waals surface area contributed by atoms with E-state index in [1.807, 2.05) is 38.1 Å². The van der Waals surface area contributed by atoms with Crippen molar-refractivity contribution in [1.29, 1.82) is 0 Å². The molecule has 1 aromatic carbocycles. The Morgan fingerprint density at radius 2 is 2.00 bits per heavy atom. The number of carbonyl (C=O) groups is 1. The van der Waals surface area contributed by atoms with Gasteiger partial charge in [0, 0.05) is 31.2 Å². The smallest absolute Gasteiger partial charge is 0.222 e. The van der Waals surface area contributed by atoms with E-state index in [1.54, 1.807) is 0 Å². The van der Waals surface area contributed by atoms with Gasteiger partial charge in [0.1, 0.15) is 0 Å². The van der Waals surface area contributed by atoms with Gasteiger partial charge >= 0.3 is 0 Å². The summed E-state index contributed by atoms with van der Waals surface area (Å²) >= 11 is 0. The molecule has 1 unspecified atom stereocenters. The van der Waals surface area contributed by atoms with Crippen LogP contribution in [0.25, 0.3) is 0 Å². The van der Waals surface area contributed by atoms with Crippen LogP contribution in [0, 0.1) is 6.92 Å². The molecular weight excluding hydrogens is 214 g/mol. The van der Waals surface area contributed by atoms with Crippen molar-refractivity contribution in [3.8, 4) is 0 Å². The number of aryl methyl sites for hydroxylation is 1. The molecule has 0 saturated carbocycles. The van der Waals surface area contributed by atoms with Gasteiger partial charge in [-0.25, -0.2) is 0 Å². The van der Waals surface area contributed by atoms with Crippen LogP contribution in [-0.2, 0) is 4.79 Å². The van der Waals surface area contributed by atoms with Crippen LogP contribution in [-0.4, -0.2) is 25.0 Å². The van der Waals surface area contributed by atoms with Crippen LogP contribution in [0.4, 0.5) is 5.69 Å². The van der Waals surface area contributed by atoms with Crippen molar-refractivity contribution in [2.75, 3.05) is 18.4 Å². The molecule has 0 aliphatic rings. The van der Waals surface area contributed by atoms with Crippen molar-refractivity contribution >= 4 is 11.6 Å². The Kier molecular flexibility index (Phi) is 5.49. The first-order valence-corrected chi connectivity index (χ1v) is 5.95. The van der Waals surface area contributed by atoms with Crippen molar-refractivity contribution in [1.82, 2.24) is 5.32 Å². The predicted molar refractivity (Wildman–Crippen MR) is 70.9 cm³/mol. The third kappa shape index (κ3) is 4.87. The lowest BCUT2D eigenvalue weighted by atomic mass is 10.1. The van der Waals surface area contributed by atoms with Crippen molar-refractivity contribution < 1.29 is 4.79 Å². The van der Waals surface area contributed by atoms with Gasteiger partial charge in [0.15, 0.2) is 0 Å². The Morgan fingerprint density at radius 3 is 2.53 bits per heavy atom. The lowest BCUT2D eigenvalue weighted by Crippen LogP contribution is -2.35. The van der Waals surface area contributed by atoms with Crippen LogP contribution < -0.4 is 16.4 Å². The molecule has 0 bridgehead atoms. The molecule has 0 saturated heterocycles. The predicted octanol–water partition coefficient (Wildman–Crippen LogP) is 1.26. The minimum Gasteiger partial charge on any atom is -0.381 e. The summed E-state index contributed by atoms with van der Waals surface area (Å²) in [4.78, 5) is 11.5. The Balaban J connectivity index is 2.51. The van der Waals surface area contributed by atoms with E-state index >= 15 is 0 Å². The quantitative estimate of drug-likeness (QED) is 0.695. The van der Waals surface area contributed by atoms with Gasteiger partial charge in [0.2, 0.25) is 5.91 Å². The first-order valence-electron chi connectivity index (χ1n) is 5.95. The molecule has 1 amide bonds. The van der Waals surface area contributed by atoms with Gasteiger partial charge in [0.05, 0.1) is 0 Å². The number of carbonyl (C=O) groups excluding carboxylic acids is 1. The second-order valence-electron chi connectivity index (χ2n) is 4.10. The molecule has 0 radical (unpaired) electrons. The van der Waals surface area contributed by atoms with Crippen LogP contribution in [0.2, 0.25) is 0 Å². The van der Waals surface area contributed by atoms with E-state index in [4.69, 9.17) is 5.73 Å². The summed E-state index contributed by atoms with van der Waals surface area (Å²) in [6, 6.07) is 8.03. The fourth-order valence-corrected chi connectivity index (χ4v) is 1.57. The SMILES string of the molecule is CCNC(=O)CC(CN)Nc1ccc(C)cc1. The van der Waals surface area contributed by atoms with Gasteiger partial charge in [-0.15, -0.1) is 0 Å². The van der Waals surface area contributed by atoms with Crippen molar-refractivity contribution in [2.45, 2.75) is 26.3 Å². The zero-order valence-corrected chi connectivity index (χ0v) is 10.5. The maximum Gasteiger partial charge on any atom is 0.222 e. The average Bonchev–Trinajstić information content (AvgIpc) is 2.31. The summed E-state index contributed by atoms with van der Waals surface area (Å²) in [5, 5.41) is 6.03. The summed E-state index contributed by atoms with van der Waals surface area (Å²) in [5.41, 5.74) is 7.86. The highest BCUT2D eigenvalue weighted by molar-refractivity contribution is 5.77. The molecule has 4 N–H and O–H groups in total. The normalized spacial score (nSPS) is 11.9. The van der Waals surface area contributed by atoms with Crippen molar-refractivity contribution in [2.24, 2.45) is 5.73 Å². The number of nitrogens with two attached hydrogens (primary N) is 1. The van der Waals surface area contributed by atoms with Gasteiger partial charge in [-0.3, -0.25) is 4.79 Å². The molecular formula is C13H21N3O. The molecule has 4 nitrogen and oxygen atoms in total. The summed E-state index contributed by atoms with van der Waals surface area (Å²) in [5.74, 6) is 0.0301. The fourth-order valence-electron chi connectivity index (χ4n) is 1.57. The highest BCUT2D eigenvalue weighted by Gasteiger charge is 2.11. The van der Waals surface area contributed by atoms with E-state index < -0.39 is 0 Å². The van der Waals surface area contributed by atoms with Gasteiger partial charge in [-0.05, 0) is 26.0 Å². The van der Waals surface area contributed by atoms with Crippen molar-refractivity contribution in [3.05, 3.63) is 29.8 Å². The molecule has 0 aromatic heterocycles. The molecule has 1 atom stereocenters. The molecule has 1 aromatic rings. The number of amides is 1. The third-order valence-electron chi connectivity index (χ3n) is 2.51. The van der Waals surface area contributed by atoms with Gasteiger partial charge in [-0.2, -0.15) is 0 Å². The van der Waals surface area contributed by atoms with Gasteiger partial charge in [-0.1, -0.05) is 17.7 Å². The molecule has 1 rings (SSSR count). The van der Waals surface area contributed by atoms with E-state index in [1.165, 1.54) is 5.56 Å². The highest BCUT2D eigenvalue weighted by atomic mass is 16.1.